The van der Waals surface area contributed by atoms with Crippen LogP contribution in [0.3, 0.4) is 0 Å². The number of H-pyrrole nitrogens is 1. The van der Waals surface area contributed by atoms with E-state index in [0.29, 0.717) is 13.0 Å². The fourth-order valence-electron chi connectivity index (χ4n) is 2.73. The van der Waals surface area contributed by atoms with E-state index >= 15 is 0 Å². The first-order valence-electron chi connectivity index (χ1n) is 6.82. The first-order chi connectivity index (χ1) is 9.22. The van der Waals surface area contributed by atoms with Crippen LogP contribution < -0.4 is 5.73 Å². The average molecular weight is 257 g/mol. The highest BCUT2D eigenvalue weighted by Gasteiger charge is 2.21. The van der Waals surface area contributed by atoms with E-state index in [4.69, 9.17) is 5.73 Å². The Hall–Kier alpha value is -1.81. The van der Waals surface area contributed by atoms with Crippen LogP contribution in [-0.2, 0) is 11.2 Å². The van der Waals surface area contributed by atoms with E-state index in [1.807, 2.05) is 23.2 Å². The molecule has 100 valence electrons. The molecule has 2 aromatic rings. The Morgan fingerprint density at radius 1 is 1.42 bits per heavy atom. The minimum absolute atomic E-state index is 0.142. The zero-order valence-corrected chi connectivity index (χ0v) is 10.9. The summed E-state index contributed by atoms with van der Waals surface area (Å²) in [7, 11) is 0. The molecule has 1 aliphatic heterocycles. The Kier molecular flexibility index (Phi) is 3.25. The van der Waals surface area contributed by atoms with Crippen LogP contribution >= 0.6 is 0 Å². The zero-order valence-electron chi connectivity index (χ0n) is 10.9. The van der Waals surface area contributed by atoms with Crippen molar-refractivity contribution in [1.29, 1.82) is 0 Å². The number of piperidine rings is 1. The Morgan fingerprint density at radius 2 is 2.32 bits per heavy atom. The van der Waals surface area contributed by atoms with Crippen LogP contribution in [0, 0.1) is 0 Å². The second kappa shape index (κ2) is 5.05. The largest absolute Gasteiger partial charge is 0.361 e. The Bertz CT molecular complexity index is 590. The quantitative estimate of drug-likeness (QED) is 0.859. The van der Waals surface area contributed by atoms with Crippen molar-refractivity contribution in [3.05, 3.63) is 36.0 Å². The Morgan fingerprint density at radius 3 is 3.16 bits per heavy atom. The molecule has 3 N–H and O–H groups in total. The van der Waals surface area contributed by atoms with Crippen molar-refractivity contribution in [1.82, 2.24) is 9.88 Å². The topological polar surface area (TPSA) is 62.1 Å². The van der Waals surface area contributed by atoms with E-state index in [-0.39, 0.29) is 11.9 Å². The molecule has 1 fully saturated rings. The molecule has 4 nitrogen and oxygen atoms in total. The average Bonchev–Trinajstić information content (AvgIpc) is 2.86. The summed E-state index contributed by atoms with van der Waals surface area (Å²) in [6.45, 7) is 1.54. The third-order valence-corrected chi connectivity index (χ3v) is 3.79. The second-order valence-corrected chi connectivity index (χ2v) is 5.32. The van der Waals surface area contributed by atoms with E-state index < -0.39 is 0 Å². The highest BCUT2D eigenvalue weighted by molar-refractivity contribution is 5.83. The van der Waals surface area contributed by atoms with Gasteiger partial charge in [0.15, 0.2) is 0 Å². The van der Waals surface area contributed by atoms with Crippen LogP contribution in [0.4, 0.5) is 0 Å². The number of nitrogens with one attached hydrogen (secondary N) is 1. The predicted octanol–water partition coefficient (Wildman–Crippen LogP) is 1.66. The lowest BCUT2D eigenvalue weighted by molar-refractivity contribution is -0.131. The van der Waals surface area contributed by atoms with Crippen molar-refractivity contribution in [2.45, 2.75) is 25.3 Å². The molecule has 2 heterocycles. The van der Waals surface area contributed by atoms with Gasteiger partial charge in [0.1, 0.15) is 0 Å². The van der Waals surface area contributed by atoms with Crippen LogP contribution in [0.1, 0.15) is 18.4 Å². The van der Waals surface area contributed by atoms with Gasteiger partial charge < -0.3 is 15.6 Å². The van der Waals surface area contributed by atoms with Crippen LogP contribution in [0.15, 0.2) is 30.5 Å². The van der Waals surface area contributed by atoms with Gasteiger partial charge in [0.05, 0.1) is 6.42 Å². The smallest absolute Gasteiger partial charge is 0.227 e. The number of hydrogen-bond acceptors (Lipinski definition) is 2. The van der Waals surface area contributed by atoms with E-state index in [2.05, 4.69) is 17.1 Å². The number of rotatable bonds is 2. The minimum atomic E-state index is 0.142. The molecule has 1 atom stereocenters. The fraction of sp³-hybridized carbons (Fsp3) is 0.400. The lowest BCUT2D eigenvalue weighted by atomic mass is 10.0. The predicted molar refractivity (Wildman–Crippen MR) is 75.8 cm³/mol. The molecule has 19 heavy (non-hydrogen) atoms. The number of carbonyl (C=O) groups excluding carboxylic acids is 1. The van der Waals surface area contributed by atoms with Gasteiger partial charge in [-0.1, -0.05) is 12.1 Å². The van der Waals surface area contributed by atoms with E-state index in [9.17, 15) is 4.79 Å². The van der Waals surface area contributed by atoms with Gasteiger partial charge in [0.2, 0.25) is 5.91 Å². The monoisotopic (exact) mass is 257 g/mol. The molecule has 1 saturated heterocycles. The van der Waals surface area contributed by atoms with Crippen molar-refractivity contribution >= 4 is 16.8 Å². The van der Waals surface area contributed by atoms with Crippen molar-refractivity contribution in [2.75, 3.05) is 13.1 Å². The molecular formula is C15H19N3O. The molecule has 4 heteroatoms. The number of aromatic nitrogens is 1. The number of amides is 1. The summed E-state index contributed by atoms with van der Waals surface area (Å²) in [5.41, 5.74) is 8.06. The summed E-state index contributed by atoms with van der Waals surface area (Å²) in [6, 6.07) is 8.30. The number of carbonyl (C=O) groups is 1. The number of benzene rings is 1. The molecule has 0 aliphatic carbocycles. The SMILES string of the molecule is NC1CCCN(C(=O)Cc2ccc3cc[nH]c3c2)C1. The summed E-state index contributed by atoms with van der Waals surface area (Å²) in [6.07, 6.45) is 4.42. The maximum atomic E-state index is 12.2. The van der Waals surface area contributed by atoms with E-state index in [1.54, 1.807) is 0 Å². The number of hydrogen-bond donors (Lipinski definition) is 2. The van der Waals surface area contributed by atoms with Gasteiger partial charge in [-0.3, -0.25) is 4.79 Å². The fourth-order valence-corrected chi connectivity index (χ4v) is 2.73. The molecule has 1 aliphatic rings. The normalized spacial score (nSPS) is 19.8. The first kappa shape index (κ1) is 12.2. The standard InChI is InChI=1S/C15H19N3O/c16-13-2-1-7-18(10-13)15(19)9-11-3-4-12-5-6-17-14(12)8-11/h3-6,8,13,17H,1-2,7,9-10,16H2. The lowest BCUT2D eigenvalue weighted by Gasteiger charge is -2.30. The number of nitrogens with zero attached hydrogens (tertiary/aromatic N) is 1. The number of fused-ring (bicyclic) bond motifs is 1. The van der Waals surface area contributed by atoms with Crippen molar-refractivity contribution in [3.8, 4) is 0 Å². The van der Waals surface area contributed by atoms with Crippen LogP contribution in [-0.4, -0.2) is 34.9 Å². The third kappa shape index (κ3) is 2.63. The molecule has 1 amide bonds. The van der Waals surface area contributed by atoms with Crippen molar-refractivity contribution < 1.29 is 4.79 Å². The highest BCUT2D eigenvalue weighted by atomic mass is 16.2. The second-order valence-electron chi connectivity index (χ2n) is 5.32. The molecule has 3 rings (SSSR count). The van der Waals surface area contributed by atoms with Crippen LogP contribution in [0.5, 0.6) is 0 Å². The summed E-state index contributed by atoms with van der Waals surface area (Å²) in [4.78, 5) is 17.3. The summed E-state index contributed by atoms with van der Waals surface area (Å²) >= 11 is 0. The Labute approximate surface area is 112 Å². The van der Waals surface area contributed by atoms with Gasteiger partial charge in [0.25, 0.3) is 0 Å². The third-order valence-electron chi connectivity index (χ3n) is 3.79. The number of likely N-dealkylation sites (tertiary alicyclic amines) is 1. The highest BCUT2D eigenvalue weighted by Crippen LogP contribution is 2.16. The van der Waals surface area contributed by atoms with Gasteiger partial charge in [-0.25, -0.2) is 0 Å². The van der Waals surface area contributed by atoms with Gasteiger partial charge in [-0.15, -0.1) is 0 Å². The van der Waals surface area contributed by atoms with Crippen molar-refractivity contribution in [3.63, 3.8) is 0 Å². The first-order valence-corrected chi connectivity index (χ1v) is 6.82. The summed E-state index contributed by atoms with van der Waals surface area (Å²) in [5, 5.41) is 1.18. The van der Waals surface area contributed by atoms with E-state index in [1.165, 1.54) is 5.39 Å². The number of nitrogens with two attached hydrogens (primary N) is 1. The van der Waals surface area contributed by atoms with Gasteiger partial charge in [0, 0.05) is 30.8 Å². The molecule has 1 unspecified atom stereocenters. The minimum Gasteiger partial charge on any atom is -0.361 e. The van der Waals surface area contributed by atoms with E-state index in [0.717, 1.165) is 30.5 Å². The molecule has 0 bridgehead atoms. The Balaban J connectivity index is 1.71. The molecule has 1 aromatic carbocycles. The number of aromatic amines is 1. The maximum absolute atomic E-state index is 12.2. The molecule has 0 saturated carbocycles. The molecule has 1 aromatic heterocycles. The van der Waals surface area contributed by atoms with Gasteiger partial charge in [-0.05, 0) is 35.9 Å². The lowest BCUT2D eigenvalue weighted by Crippen LogP contribution is -2.46. The van der Waals surface area contributed by atoms with Crippen LogP contribution in [0.25, 0.3) is 10.9 Å². The summed E-state index contributed by atoms with van der Waals surface area (Å²) < 4.78 is 0. The van der Waals surface area contributed by atoms with Crippen LogP contribution in [0.2, 0.25) is 0 Å². The molecule has 0 spiro atoms. The zero-order chi connectivity index (χ0) is 13.2. The van der Waals surface area contributed by atoms with Gasteiger partial charge in [-0.2, -0.15) is 0 Å². The maximum Gasteiger partial charge on any atom is 0.227 e. The van der Waals surface area contributed by atoms with Crippen molar-refractivity contribution in [2.24, 2.45) is 5.73 Å². The van der Waals surface area contributed by atoms with Gasteiger partial charge >= 0.3 is 0 Å². The molecular weight excluding hydrogens is 238 g/mol. The summed E-state index contributed by atoms with van der Waals surface area (Å²) in [5.74, 6) is 0.182. The molecule has 0 radical (unpaired) electrons.